The van der Waals surface area contributed by atoms with Crippen LogP contribution >= 0.6 is 11.8 Å². The second-order valence-electron chi connectivity index (χ2n) is 10.8. The number of carbonyl (C=O) groups excluding carboxylic acids is 3. The number of hydrogen-bond donors (Lipinski definition) is 3. The SMILES string of the molecule is COc1ccc2[nH]c(CNC(=O)[C@@H]3CC4(CN3C(=O)CNC(=O)c3ccc5c(c3)Oc3ccccc3S5)OCCO4)cc2c1. The Morgan fingerprint density at radius 2 is 1.82 bits per heavy atom. The summed E-state index contributed by atoms with van der Waals surface area (Å²) in [4.78, 5) is 46.5. The fourth-order valence-electron chi connectivity index (χ4n) is 5.76. The number of nitrogens with one attached hydrogen (secondary N) is 3. The minimum atomic E-state index is -1.04. The van der Waals surface area contributed by atoms with E-state index in [4.69, 9.17) is 18.9 Å². The molecule has 0 saturated carbocycles. The van der Waals surface area contributed by atoms with E-state index in [1.54, 1.807) is 31.0 Å². The second kappa shape index (κ2) is 11.5. The molecule has 3 N–H and O–H groups in total. The molecule has 1 aromatic heterocycles. The van der Waals surface area contributed by atoms with E-state index in [-0.39, 0.29) is 32.0 Å². The Labute approximate surface area is 257 Å². The minimum Gasteiger partial charge on any atom is -0.497 e. The summed E-state index contributed by atoms with van der Waals surface area (Å²) in [6.45, 7) is 0.805. The highest BCUT2D eigenvalue weighted by Crippen LogP contribution is 2.47. The first-order chi connectivity index (χ1) is 21.4. The predicted molar refractivity (Wildman–Crippen MR) is 161 cm³/mol. The lowest BCUT2D eigenvalue weighted by molar-refractivity contribution is -0.152. The maximum Gasteiger partial charge on any atom is 0.251 e. The molecule has 7 rings (SSSR count). The van der Waals surface area contributed by atoms with Crippen molar-refractivity contribution in [3.8, 4) is 17.2 Å². The summed E-state index contributed by atoms with van der Waals surface area (Å²) >= 11 is 1.57. The molecule has 12 heteroatoms. The number of benzene rings is 3. The van der Waals surface area contributed by atoms with Gasteiger partial charge in [-0.2, -0.15) is 0 Å². The van der Waals surface area contributed by atoms with Gasteiger partial charge >= 0.3 is 0 Å². The number of para-hydroxylation sites is 1. The average molecular weight is 615 g/mol. The molecule has 4 aromatic rings. The van der Waals surface area contributed by atoms with Crippen molar-refractivity contribution in [2.45, 2.75) is 34.6 Å². The molecule has 0 bridgehead atoms. The molecule has 44 heavy (non-hydrogen) atoms. The normalized spacial score (nSPS) is 18.0. The van der Waals surface area contributed by atoms with Crippen molar-refractivity contribution in [3.63, 3.8) is 0 Å². The zero-order valence-electron chi connectivity index (χ0n) is 23.9. The lowest BCUT2D eigenvalue weighted by atomic mass is 10.1. The Morgan fingerprint density at radius 3 is 2.66 bits per heavy atom. The first-order valence-corrected chi connectivity index (χ1v) is 15.1. The summed E-state index contributed by atoms with van der Waals surface area (Å²) in [7, 11) is 1.61. The van der Waals surface area contributed by atoms with Crippen molar-refractivity contribution in [1.29, 1.82) is 0 Å². The van der Waals surface area contributed by atoms with Crippen LogP contribution in [-0.2, 0) is 25.6 Å². The molecule has 11 nitrogen and oxygen atoms in total. The molecule has 3 aliphatic rings. The van der Waals surface area contributed by atoms with E-state index < -0.39 is 23.6 Å². The number of ether oxygens (including phenoxy) is 4. The van der Waals surface area contributed by atoms with E-state index in [9.17, 15) is 14.4 Å². The average Bonchev–Trinajstić information content (AvgIpc) is 3.79. The third-order valence-corrected chi connectivity index (χ3v) is 9.07. The van der Waals surface area contributed by atoms with Crippen LogP contribution in [0.4, 0.5) is 0 Å². The zero-order valence-corrected chi connectivity index (χ0v) is 24.7. The van der Waals surface area contributed by atoms with Crippen LogP contribution < -0.4 is 20.1 Å². The van der Waals surface area contributed by atoms with E-state index in [2.05, 4.69) is 15.6 Å². The number of hydrogen-bond acceptors (Lipinski definition) is 8. The second-order valence-corrected chi connectivity index (χ2v) is 11.9. The van der Waals surface area contributed by atoms with E-state index >= 15 is 0 Å². The van der Waals surface area contributed by atoms with Crippen LogP contribution in [0.5, 0.6) is 17.2 Å². The van der Waals surface area contributed by atoms with Crippen molar-refractivity contribution >= 4 is 40.4 Å². The molecule has 3 aliphatic heterocycles. The van der Waals surface area contributed by atoms with Gasteiger partial charge in [0.15, 0.2) is 5.79 Å². The van der Waals surface area contributed by atoms with Crippen LogP contribution in [0, 0.1) is 0 Å². The predicted octanol–water partition coefficient (Wildman–Crippen LogP) is 3.82. The molecule has 1 spiro atoms. The summed E-state index contributed by atoms with van der Waals surface area (Å²) in [5, 5.41) is 6.60. The van der Waals surface area contributed by atoms with E-state index in [1.807, 2.05) is 54.6 Å². The van der Waals surface area contributed by atoms with Crippen molar-refractivity contribution < 1.29 is 33.3 Å². The molecule has 226 valence electrons. The maximum atomic E-state index is 13.4. The lowest BCUT2D eigenvalue weighted by Crippen LogP contribution is -2.49. The molecule has 4 heterocycles. The lowest BCUT2D eigenvalue weighted by Gasteiger charge is -2.24. The summed E-state index contributed by atoms with van der Waals surface area (Å²) < 4.78 is 23.0. The zero-order chi connectivity index (χ0) is 30.3. The number of nitrogens with zero attached hydrogens (tertiary/aromatic N) is 1. The van der Waals surface area contributed by atoms with Gasteiger partial charge in [0, 0.05) is 28.6 Å². The molecule has 0 radical (unpaired) electrons. The van der Waals surface area contributed by atoms with Gasteiger partial charge < -0.3 is 39.5 Å². The quantitative estimate of drug-likeness (QED) is 0.252. The van der Waals surface area contributed by atoms with Gasteiger partial charge in [-0.3, -0.25) is 14.4 Å². The maximum absolute atomic E-state index is 13.4. The van der Waals surface area contributed by atoms with Gasteiger partial charge in [0.1, 0.15) is 23.3 Å². The standard InChI is InChI=1S/C32H30N4O7S/c1-40-22-7-8-23-20(13-22)12-21(35-23)16-33-31(39)24-15-32(41-10-11-42-32)18-36(24)29(37)17-34-30(38)19-6-9-28-26(14-19)43-25-4-2-3-5-27(25)44-28/h2-9,12-14,24,35H,10-11,15-18H2,1H3,(H,33,39)(H,34,38)/t24-/m0/s1. The van der Waals surface area contributed by atoms with Crippen molar-refractivity contribution in [2.75, 3.05) is 33.4 Å². The smallest absolute Gasteiger partial charge is 0.251 e. The monoisotopic (exact) mass is 614 g/mol. The summed E-state index contributed by atoms with van der Waals surface area (Å²) in [6.07, 6.45) is 0.198. The number of aromatic nitrogens is 1. The fourth-order valence-corrected chi connectivity index (χ4v) is 6.69. The van der Waals surface area contributed by atoms with Crippen LogP contribution in [0.2, 0.25) is 0 Å². The fraction of sp³-hybridized carbons (Fsp3) is 0.281. The van der Waals surface area contributed by atoms with Crippen LogP contribution in [-0.4, -0.2) is 72.8 Å². The van der Waals surface area contributed by atoms with Crippen LogP contribution in [0.15, 0.2) is 76.5 Å². The van der Waals surface area contributed by atoms with Crippen LogP contribution in [0.1, 0.15) is 22.5 Å². The number of amides is 3. The molecule has 3 amide bonds. The summed E-state index contributed by atoms with van der Waals surface area (Å²) in [6, 6.07) is 19.7. The molecule has 2 saturated heterocycles. The molecule has 0 aliphatic carbocycles. The Hall–Kier alpha value is -4.52. The Bertz CT molecular complexity index is 1770. The highest BCUT2D eigenvalue weighted by Gasteiger charge is 2.52. The summed E-state index contributed by atoms with van der Waals surface area (Å²) in [5.41, 5.74) is 2.09. The van der Waals surface area contributed by atoms with Gasteiger partial charge in [0.05, 0.1) is 49.7 Å². The van der Waals surface area contributed by atoms with Crippen LogP contribution in [0.3, 0.4) is 0 Å². The van der Waals surface area contributed by atoms with E-state index in [0.717, 1.165) is 37.9 Å². The number of carbonyl (C=O) groups is 3. The van der Waals surface area contributed by atoms with Gasteiger partial charge in [-0.15, -0.1) is 0 Å². The van der Waals surface area contributed by atoms with Crippen LogP contribution in [0.25, 0.3) is 10.9 Å². The number of aromatic amines is 1. The molecular formula is C32H30N4O7S. The van der Waals surface area contributed by atoms with Gasteiger partial charge in [-0.1, -0.05) is 23.9 Å². The van der Waals surface area contributed by atoms with Gasteiger partial charge in [0.2, 0.25) is 11.8 Å². The highest BCUT2D eigenvalue weighted by molar-refractivity contribution is 7.99. The molecular weight excluding hydrogens is 584 g/mol. The molecule has 0 unspecified atom stereocenters. The number of rotatable bonds is 7. The number of fused-ring (bicyclic) bond motifs is 3. The third-order valence-electron chi connectivity index (χ3n) is 7.96. The first kappa shape index (κ1) is 28.3. The van der Waals surface area contributed by atoms with Gasteiger partial charge in [-0.05, 0) is 54.6 Å². The third kappa shape index (κ3) is 5.47. The summed E-state index contributed by atoms with van der Waals surface area (Å²) in [5.74, 6) is -0.157. The topological polar surface area (TPSA) is 131 Å². The van der Waals surface area contributed by atoms with Gasteiger partial charge in [-0.25, -0.2) is 0 Å². The van der Waals surface area contributed by atoms with Crippen molar-refractivity contribution in [1.82, 2.24) is 20.5 Å². The number of H-pyrrole nitrogens is 1. The van der Waals surface area contributed by atoms with Crippen molar-refractivity contribution in [3.05, 3.63) is 78.0 Å². The van der Waals surface area contributed by atoms with Gasteiger partial charge in [0.25, 0.3) is 5.91 Å². The van der Waals surface area contributed by atoms with E-state index in [0.29, 0.717) is 24.5 Å². The molecule has 2 fully saturated rings. The first-order valence-electron chi connectivity index (χ1n) is 14.3. The Kier molecular flexibility index (Phi) is 7.40. The van der Waals surface area contributed by atoms with Crippen molar-refractivity contribution in [2.24, 2.45) is 0 Å². The Balaban J connectivity index is 1.00. The highest BCUT2D eigenvalue weighted by atomic mass is 32.2. The minimum absolute atomic E-state index is 0.0925. The number of likely N-dealkylation sites (tertiary alicyclic amines) is 1. The molecule has 1 atom stereocenters. The van der Waals surface area contributed by atoms with E-state index in [1.165, 1.54) is 4.90 Å². The Morgan fingerprint density at radius 1 is 1.00 bits per heavy atom. The number of methoxy groups -OCH3 is 1. The molecule has 3 aromatic carbocycles. The largest absolute Gasteiger partial charge is 0.497 e.